The lowest BCUT2D eigenvalue weighted by molar-refractivity contribution is -0.115. The number of carbonyl (C=O) groups excluding carboxylic acids is 1. The molecule has 2 aromatic heterocycles. The van der Waals surface area contributed by atoms with Gasteiger partial charge in [-0.2, -0.15) is 0 Å². The average Bonchev–Trinajstić information content (AvgIpc) is 3.23. The summed E-state index contributed by atoms with van der Waals surface area (Å²) in [6.45, 7) is 2.69. The monoisotopic (exact) mass is 358 g/mol. The molecule has 7 nitrogen and oxygen atoms in total. The second kappa shape index (κ2) is 7.89. The second-order valence-electron chi connectivity index (χ2n) is 5.37. The minimum atomic E-state index is -0.407. The minimum Gasteiger partial charge on any atom is -0.485 e. The molecule has 0 fully saturated rings. The van der Waals surface area contributed by atoms with Gasteiger partial charge in [0.1, 0.15) is 18.1 Å². The minimum absolute atomic E-state index is 0.134. The molecular formula is C17H18N4O3S. The van der Waals surface area contributed by atoms with Gasteiger partial charge in [0.25, 0.3) is 0 Å². The molecule has 3 rings (SSSR count). The van der Waals surface area contributed by atoms with Crippen LogP contribution in [0, 0.1) is 6.92 Å². The van der Waals surface area contributed by atoms with E-state index >= 15 is 0 Å². The lowest BCUT2D eigenvalue weighted by atomic mass is 10.2. The van der Waals surface area contributed by atoms with Crippen LogP contribution in [0.3, 0.4) is 0 Å². The maximum Gasteiger partial charge on any atom is 0.227 e. The summed E-state index contributed by atoms with van der Waals surface area (Å²) < 4.78 is 13.1. The van der Waals surface area contributed by atoms with Crippen molar-refractivity contribution in [3.63, 3.8) is 0 Å². The second-order valence-corrected chi connectivity index (χ2v) is 6.32. The Morgan fingerprint density at radius 2 is 2.12 bits per heavy atom. The molecule has 8 heteroatoms. The fourth-order valence-electron chi connectivity index (χ4n) is 2.25. The highest BCUT2D eigenvalue weighted by Gasteiger charge is 2.16. The van der Waals surface area contributed by atoms with E-state index in [2.05, 4.69) is 10.2 Å². The Hall–Kier alpha value is -2.74. The van der Waals surface area contributed by atoms with Gasteiger partial charge >= 0.3 is 0 Å². The van der Waals surface area contributed by atoms with Crippen molar-refractivity contribution in [2.24, 2.45) is 5.73 Å². The predicted octanol–water partition coefficient (Wildman–Crippen LogP) is 2.38. The summed E-state index contributed by atoms with van der Waals surface area (Å²) in [6.07, 6.45) is 1.61. The zero-order valence-electron chi connectivity index (χ0n) is 13.7. The molecule has 0 spiro atoms. The topological polar surface area (TPSA) is 96.2 Å². The largest absolute Gasteiger partial charge is 0.485 e. The van der Waals surface area contributed by atoms with Gasteiger partial charge in [0.2, 0.25) is 5.91 Å². The quantitative estimate of drug-likeness (QED) is 0.621. The Kier molecular flexibility index (Phi) is 5.39. The van der Waals surface area contributed by atoms with E-state index in [1.165, 1.54) is 11.8 Å². The Balaban J connectivity index is 1.79. The molecule has 0 radical (unpaired) electrons. The van der Waals surface area contributed by atoms with Crippen LogP contribution in [0.5, 0.6) is 5.75 Å². The molecule has 2 N–H and O–H groups in total. The highest BCUT2D eigenvalue weighted by molar-refractivity contribution is 7.99. The molecule has 0 atom stereocenters. The molecule has 0 bridgehead atoms. The number of aromatic nitrogens is 3. The van der Waals surface area contributed by atoms with Gasteiger partial charge in [0.05, 0.1) is 18.6 Å². The summed E-state index contributed by atoms with van der Waals surface area (Å²) in [5.74, 6) is 1.93. The number of nitrogens with zero attached hydrogens (tertiary/aromatic N) is 3. The van der Waals surface area contributed by atoms with Gasteiger partial charge in [0.15, 0.2) is 11.0 Å². The number of rotatable bonds is 8. The molecule has 0 saturated carbocycles. The number of furan rings is 1. The Labute approximate surface area is 149 Å². The molecule has 0 aliphatic heterocycles. The summed E-state index contributed by atoms with van der Waals surface area (Å²) in [6, 6.07) is 11.5. The molecule has 130 valence electrons. The predicted molar refractivity (Wildman–Crippen MR) is 93.3 cm³/mol. The zero-order valence-corrected chi connectivity index (χ0v) is 14.5. The van der Waals surface area contributed by atoms with Crippen LogP contribution in [0.15, 0.2) is 52.2 Å². The van der Waals surface area contributed by atoms with Gasteiger partial charge in [-0.3, -0.25) is 9.36 Å². The van der Waals surface area contributed by atoms with Crippen LogP contribution < -0.4 is 10.5 Å². The van der Waals surface area contributed by atoms with E-state index in [9.17, 15) is 4.79 Å². The Bertz CT molecular complexity index is 845. The van der Waals surface area contributed by atoms with Crippen molar-refractivity contribution in [1.29, 1.82) is 0 Å². The molecule has 1 aromatic carbocycles. The van der Waals surface area contributed by atoms with E-state index in [4.69, 9.17) is 14.9 Å². The highest BCUT2D eigenvalue weighted by atomic mass is 32.2. The summed E-state index contributed by atoms with van der Waals surface area (Å²) in [7, 11) is 0. The van der Waals surface area contributed by atoms with Crippen molar-refractivity contribution in [1.82, 2.24) is 14.8 Å². The normalized spacial score (nSPS) is 10.8. The zero-order chi connectivity index (χ0) is 17.6. The van der Waals surface area contributed by atoms with Crippen LogP contribution in [0.25, 0.3) is 0 Å². The third kappa shape index (κ3) is 4.42. The first kappa shape index (κ1) is 17.1. The molecule has 3 aromatic rings. The lowest BCUT2D eigenvalue weighted by Crippen LogP contribution is -2.14. The van der Waals surface area contributed by atoms with Gasteiger partial charge < -0.3 is 14.9 Å². The molecule has 0 aliphatic rings. The van der Waals surface area contributed by atoms with E-state index < -0.39 is 5.91 Å². The molecule has 0 saturated heterocycles. The first-order valence-corrected chi connectivity index (χ1v) is 8.66. The van der Waals surface area contributed by atoms with Gasteiger partial charge in [-0.05, 0) is 30.7 Å². The molecule has 2 heterocycles. The van der Waals surface area contributed by atoms with Crippen LogP contribution in [-0.2, 0) is 17.9 Å². The number of aryl methyl sites for hydroxylation is 1. The SMILES string of the molecule is Cc1ccccc1OCc1nnc(SCC(N)=O)n1Cc1ccco1. The first-order valence-electron chi connectivity index (χ1n) is 7.67. The molecular weight excluding hydrogens is 340 g/mol. The highest BCUT2D eigenvalue weighted by Crippen LogP contribution is 2.21. The number of hydrogen-bond donors (Lipinski definition) is 1. The molecule has 0 unspecified atom stereocenters. The number of ether oxygens (including phenoxy) is 1. The van der Waals surface area contributed by atoms with Crippen molar-refractivity contribution in [2.75, 3.05) is 5.75 Å². The van der Waals surface area contributed by atoms with Crippen LogP contribution in [0.2, 0.25) is 0 Å². The number of thioether (sulfide) groups is 1. The fourth-order valence-corrected chi connectivity index (χ4v) is 2.94. The van der Waals surface area contributed by atoms with Crippen LogP contribution in [-0.4, -0.2) is 26.4 Å². The van der Waals surface area contributed by atoms with Crippen molar-refractivity contribution in [2.45, 2.75) is 25.2 Å². The van der Waals surface area contributed by atoms with E-state index in [1.807, 2.05) is 47.9 Å². The van der Waals surface area contributed by atoms with Crippen molar-refractivity contribution in [3.8, 4) is 5.75 Å². The molecule has 1 amide bonds. The summed E-state index contributed by atoms with van der Waals surface area (Å²) >= 11 is 1.24. The number of primary amides is 1. The Morgan fingerprint density at radius 1 is 1.28 bits per heavy atom. The van der Waals surface area contributed by atoms with Crippen LogP contribution >= 0.6 is 11.8 Å². The number of benzene rings is 1. The first-order chi connectivity index (χ1) is 12.1. The van der Waals surface area contributed by atoms with Gasteiger partial charge in [0, 0.05) is 0 Å². The summed E-state index contributed by atoms with van der Waals surface area (Å²) in [5.41, 5.74) is 6.27. The van der Waals surface area contributed by atoms with Crippen LogP contribution in [0.4, 0.5) is 0 Å². The molecule has 25 heavy (non-hydrogen) atoms. The summed E-state index contributed by atoms with van der Waals surface area (Å²) in [4.78, 5) is 11.1. The third-order valence-electron chi connectivity index (χ3n) is 3.48. The third-order valence-corrected chi connectivity index (χ3v) is 4.47. The maximum atomic E-state index is 11.1. The van der Waals surface area contributed by atoms with E-state index in [0.717, 1.165) is 17.1 Å². The Morgan fingerprint density at radius 3 is 2.84 bits per heavy atom. The number of hydrogen-bond acceptors (Lipinski definition) is 6. The van der Waals surface area contributed by atoms with E-state index in [0.29, 0.717) is 17.5 Å². The smallest absolute Gasteiger partial charge is 0.227 e. The number of nitrogens with two attached hydrogens (primary N) is 1. The standard InChI is InChI=1S/C17H18N4O3S/c1-12-5-2-3-7-14(12)24-10-16-19-20-17(25-11-15(18)22)21(16)9-13-6-4-8-23-13/h2-8H,9-11H2,1H3,(H2,18,22). The van der Waals surface area contributed by atoms with Crippen molar-refractivity contribution in [3.05, 3.63) is 59.8 Å². The number of carbonyl (C=O) groups is 1. The van der Waals surface area contributed by atoms with Gasteiger partial charge in [-0.25, -0.2) is 0 Å². The fraction of sp³-hybridized carbons (Fsp3) is 0.235. The summed E-state index contributed by atoms with van der Waals surface area (Å²) in [5, 5.41) is 8.94. The lowest BCUT2D eigenvalue weighted by Gasteiger charge is -2.11. The van der Waals surface area contributed by atoms with Gasteiger partial charge in [-0.1, -0.05) is 30.0 Å². The van der Waals surface area contributed by atoms with Crippen molar-refractivity contribution >= 4 is 17.7 Å². The average molecular weight is 358 g/mol. The van der Waals surface area contributed by atoms with Gasteiger partial charge in [-0.15, -0.1) is 10.2 Å². The number of amides is 1. The van der Waals surface area contributed by atoms with E-state index in [1.54, 1.807) is 6.26 Å². The maximum absolute atomic E-state index is 11.1. The van der Waals surface area contributed by atoms with Crippen molar-refractivity contribution < 1.29 is 13.9 Å². The van der Waals surface area contributed by atoms with E-state index in [-0.39, 0.29) is 12.4 Å². The molecule has 0 aliphatic carbocycles. The van der Waals surface area contributed by atoms with Crippen LogP contribution in [0.1, 0.15) is 17.1 Å². The number of para-hydroxylation sites is 1.